The van der Waals surface area contributed by atoms with Crippen LogP contribution in [-0.4, -0.2) is 43.9 Å². The van der Waals surface area contributed by atoms with Crippen molar-refractivity contribution in [3.05, 3.63) is 48.2 Å². The van der Waals surface area contributed by atoms with Gasteiger partial charge in [-0.25, -0.2) is 19.0 Å². The molecule has 2 fully saturated rings. The molecule has 168 valence electrons. The average molecular weight is 438 g/mol. The molecule has 8 nitrogen and oxygen atoms in total. The van der Waals surface area contributed by atoms with Crippen LogP contribution in [0, 0.1) is 24.6 Å². The van der Waals surface area contributed by atoms with Gasteiger partial charge < -0.3 is 15.0 Å². The first-order chi connectivity index (χ1) is 15.5. The Balaban J connectivity index is 1.32. The maximum Gasteiger partial charge on any atom is 0.322 e. The number of nitrogens with one attached hydrogen (secondary N) is 1. The molecule has 5 rings (SSSR count). The number of anilines is 2. The number of piperidine rings is 1. The highest BCUT2D eigenvalue weighted by Gasteiger charge is 2.43. The van der Waals surface area contributed by atoms with Crippen molar-refractivity contribution in [1.29, 1.82) is 0 Å². The smallest absolute Gasteiger partial charge is 0.322 e. The van der Waals surface area contributed by atoms with Crippen LogP contribution < -0.4 is 15.0 Å². The van der Waals surface area contributed by atoms with E-state index in [4.69, 9.17) is 4.74 Å². The Morgan fingerprint density at radius 3 is 2.59 bits per heavy atom. The number of ether oxygens (including phenoxy) is 1. The Bertz CT molecular complexity index is 1090. The minimum absolute atomic E-state index is 0.0567. The lowest BCUT2D eigenvalue weighted by Crippen LogP contribution is -2.48. The topological polar surface area (TPSA) is 81.0 Å². The molecule has 2 aromatic heterocycles. The van der Waals surface area contributed by atoms with Crippen molar-refractivity contribution in [2.24, 2.45) is 11.8 Å². The molecular weight excluding hydrogens is 409 g/mol. The largest absolute Gasteiger partial charge is 0.424 e. The van der Waals surface area contributed by atoms with Crippen LogP contribution in [0.15, 0.2) is 36.7 Å². The summed E-state index contributed by atoms with van der Waals surface area (Å²) < 4.78 is 21.2. The van der Waals surface area contributed by atoms with Crippen molar-refractivity contribution in [3.63, 3.8) is 0 Å². The van der Waals surface area contributed by atoms with Crippen LogP contribution in [0.5, 0.6) is 11.8 Å². The molecule has 3 aromatic rings. The van der Waals surface area contributed by atoms with Crippen LogP contribution in [0.4, 0.5) is 16.2 Å². The maximum absolute atomic E-state index is 13.6. The highest BCUT2D eigenvalue weighted by atomic mass is 19.1. The van der Waals surface area contributed by atoms with Crippen LogP contribution in [0.1, 0.15) is 38.4 Å². The van der Waals surface area contributed by atoms with E-state index in [9.17, 15) is 4.39 Å². The van der Waals surface area contributed by atoms with Crippen molar-refractivity contribution in [2.75, 3.05) is 23.3 Å². The van der Waals surface area contributed by atoms with Gasteiger partial charge in [0.05, 0.1) is 6.04 Å². The van der Waals surface area contributed by atoms with Gasteiger partial charge in [-0.15, -0.1) is 5.10 Å². The second-order valence-corrected chi connectivity index (χ2v) is 9.01. The van der Waals surface area contributed by atoms with E-state index in [1.54, 1.807) is 23.1 Å². The molecule has 1 saturated carbocycles. The molecule has 2 atom stereocenters. The number of fused-ring (bicyclic) bond motifs is 2. The summed E-state index contributed by atoms with van der Waals surface area (Å²) in [6, 6.07) is 8.82. The molecule has 1 N–H and O–H groups in total. The van der Waals surface area contributed by atoms with Gasteiger partial charge in [-0.1, -0.05) is 6.07 Å². The van der Waals surface area contributed by atoms with Gasteiger partial charge in [-0.3, -0.25) is 0 Å². The van der Waals surface area contributed by atoms with E-state index >= 15 is 0 Å². The third kappa shape index (κ3) is 4.11. The zero-order chi connectivity index (χ0) is 22.2. The lowest BCUT2D eigenvalue weighted by Gasteiger charge is -2.38. The summed E-state index contributed by atoms with van der Waals surface area (Å²) in [5.74, 6) is 2.59. The third-order valence-electron chi connectivity index (χ3n) is 6.34. The third-order valence-corrected chi connectivity index (χ3v) is 6.34. The number of halogens is 1. The Hall–Kier alpha value is -3.23. The van der Waals surface area contributed by atoms with Gasteiger partial charge in [-0.2, -0.15) is 4.98 Å². The van der Waals surface area contributed by atoms with E-state index in [0.717, 1.165) is 24.6 Å². The summed E-state index contributed by atoms with van der Waals surface area (Å²) in [7, 11) is 0. The van der Waals surface area contributed by atoms with Crippen molar-refractivity contribution < 1.29 is 9.13 Å². The van der Waals surface area contributed by atoms with Gasteiger partial charge in [-0.05, 0) is 57.6 Å². The number of rotatable bonds is 6. The second-order valence-electron chi connectivity index (χ2n) is 9.01. The fourth-order valence-corrected chi connectivity index (χ4v) is 4.82. The monoisotopic (exact) mass is 437 g/mol. The molecule has 0 radical (unpaired) electrons. The number of nitrogens with zero attached hydrogens (tertiary/aromatic N) is 6. The SMILES string of the molecule is Cc1cc(N2CC3CCC(C2)C3Nc2nc(Oc3cccc(F)c3)n(C(C)C)n2)ncn1. The lowest BCUT2D eigenvalue weighted by atomic mass is 9.92. The zero-order valence-electron chi connectivity index (χ0n) is 18.6. The first-order valence-electron chi connectivity index (χ1n) is 11.2. The standard InChI is InChI=1S/C23H28FN7O/c1-14(2)31-23(32-19-6-4-5-18(24)10-19)28-22(29-31)27-21-16-7-8-17(21)12-30(11-16)20-9-15(3)25-13-26-20/h4-6,9-10,13-14,16-17,21H,7-8,11-12H2,1-3H3,(H,27,29). The summed E-state index contributed by atoms with van der Waals surface area (Å²) in [6.07, 6.45) is 3.97. The van der Waals surface area contributed by atoms with Crippen LogP contribution >= 0.6 is 0 Å². The average Bonchev–Trinajstić information content (AvgIpc) is 3.24. The van der Waals surface area contributed by atoms with Gasteiger partial charge in [0, 0.05) is 37.0 Å². The van der Waals surface area contributed by atoms with Crippen molar-refractivity contribution in [2.45, 2.75) is 45.7 Å². The van der Waals surface area contributed by atoms with Gasteiger partial charge in [0.25, 0.3) is 0 Å². The Morgan fingerprint density at radius 2 is 1.91 bits per heavy atom. The van der Waals surface area contributed by atoms with Gasteiger partial charge in [0.15, 0.2) is 0 Å². The van der Waals surface area contributed by atoms with E-state index in [-0.39, 0.29) is 11.9 Å². The summed E-state index contributed by atoms with van der Waals surface area (Å²) in [6.45, 7) is 7.92. The highest BCUT2D eigenvalue weighted by molar-refractivity contribution is 5.42. The van der Waals surface area contributed by atoms with Crippen LogP contribution in [0.25, 0.3) is 0 Å². The molecule has 1 aromatic carbocycles. The molecular formula is C23H28FN7O. The highest BCUT2D eigenvalue weighted by Crippen LogP contribution is 2.40. The van der Waals surface area contributed by atoms with Gasteiger partial charge in [0.1, 0.15) is 23.7 Å². The molecule has 0 spiro atoms. The Morgan fingerprint density at radius 1 is 1.12 bits per heavy atom. The fraction of sp³-hybridized carbons (Fsp3) is 0.478. The fourth-order valence-electron chi connectivity index (χ4n) is 4.82. The minimum atomic E-state index is -0.348. The molecule has 1 saturated heterocycles. The first-order valence-corrected chi connectivity index (χ1v) is 11.2. The van der Waals surface area contributed by atoms with E-state index in [1.165, 1.54) is 25.0 Å². The summed E-state index contributed by atoms with van der Waals surface area (Å²) in [5.41, 5.74) is 0.983. The summed E-state index contributed by atoms with van der Waals surface area (Å²) >= 11 is 0. The van der Waals surface area contributed by atoms with Gasteiger partial charge in [0.2, 0.25) is 5.95 Å². The molecule has 1 aliphatic carbocycles. The van der Waals surface area contributed by atoms with E-state index in [2.05, 4.69) is 36.3 Å². The zero-order valence-corrected chi connectivity index (χ0v) is 18.6. The van der Waals surface area contributed by atoms with Crippen molar-refractivity contribution >= 4 is 11.8 Å². The number of aromatic nitrogens is 5. The summed E-state index contributed by atoms with van der Waals surface area (Å²) in [5, 5.41) is 8.23. The van der Waals surface area contributed by atoms with E-state index < -0.39 is 0 Å². The predicted molar refractivity (Wildman–Crippen MR) is 119 cm³/mol. The number of hydrogen-bond donors (Lipinski definition) is 1. The van der Waals surface area contributed by atoms with E-state index in [1.807, 2.05) is 20.8 Å². The summed E-state index contributed by atoms with van der Waals surface area (Å²) in [4.78, 5) is 15.7. The molecule has 1 aliphatic heterocycles. The normalized spacial score (nSPS) is 22.4. The first kappa shape index (κ1) is 20.7. The quantitative estimate of drug-likeness (QED) is 0.618. The molecule has 2 unspecified atom stereocenters. The van der Waals surface area contributed by atoms with Crippen LogP contribution in [0.2, 0.25) is 0 Å². The predicted octanol–water partition coefficient (Wildman–Crippen LogP) is 4.22. The number of aryl methyl sites for hydroxylation is 1. The van der Waals surface area contributed by atoms with Crippen molar-refractivity contribution in [1.82, 2.24) is 24.7 Å². The Kier molecular flexibility index (Phi) is 5.40. The van der Waals surface area contributed by atoms with E-state index in [0.29, 0.717) is 35.6 Å². The molecule has 3 heterocycles. The second kappa shape index (κ2) is 8.37. The molecule has 2 bridgehead atoms. The maximum atomic E-state index is 13.6. The molecule has 0 amide bonds. The molecule has 32 heavy (non-hydrogen) atoms. The number of hydrogen-bond acceptors (Lipinski definition) is 7. The minimum Gasteiger partial charge on any atom is -0.424 e. The van der Waals surface area contributed by atoms with Gasteiger partial charge >= 0.3 is 6.01 Å². The number of benzene rings is 1. The lowest BCUT2D eigenvalue weighted by molar-refractivity contribution is 0.373. The van der Waals surface area contributed by atoms with Crippen LogP contribution in [-0.2, 0) is 0 Å². The Labute approximate surface area is 186 Å². The van der Waals surface area contributed by atoms with Crippen molar-refractivity contribution in [3.8, 4) is 11.8 Å². The van der Waals surface area contributed by atoms with Crippen LogP contribution in [0.3, 0.4) is 0 Å². The molecule has 9 heteroatoms. The molecule has 2 aliphatic rings.